The normalized spacial score (nSPS) is 12.5. The number of hydrogen-bond donors (Lipinski definition) is 1. The molecule has 0 fully saturated rings. The van der Waals surface area contributed by atoms with Gasteiger partial charge < -0.3 is 5.11 Å². The molecular formula is C13H8BrClFIO. The summed E-state index contributed by atoms with van der Waals surface area (Å²) in [6.07, 6.45) is -1.03. The molecule has 1 unspecified atom stereocenters. The van der Waals surface area contributed by atoms with Gasteiger partial charge in [0.15, 0.2) is 0 Å². The molecule has 0 aromatic heterocycles. The third-order valence-corrected chi connectivity index (χ3v) is 4.36. The Morgan fingerprint density at radius 1 is 1.22 bits per heavy atom. The van der Waals surface area contributed by atoms with Crippen LogP contribution in [0.5, 0.6) is 0 Å². The molecule has 1 atom stereocenters. The van der Waals surface area contributed by atoms with Crippen LogP contribution in [0.2, 0.25) is 5.02 Å². The number of aliphatic hydroxyl groups is 1. The summed E-state index contributed by atoms with van der Waals surface area (Å²) in [6, 6.07) is 10.0. The van der Waals surface area contributed by atoms with E-state index in [0.717, 1.165) is 3.57 Å². The summed E-state index contributed by atoms with van der Waals surface area (Å²) in [5.41, 5.74) is 0.824. The second-order valence-corrected chi connectivity index (χ2v) is 6.16. The first-order valence-electron chi connectivity index (χ1n) is 5.07. The lowest BCUT2D eigenvalue weighted by molar-refractivity contribution is 0.214. The van der Waals surface area contributed by atoms with Crippen molar-refractivity contribution in [3.63, 3.8) is 0 Å². The topological polar surface area (TPSA) is 20.2 Å². The monoisotopic (exact) mass is 440 g/mol. The lowest BCUT2D eigenvalue weighted by Gasteiger charge is -2.15. The zero-order chi connectivity index (χ0) is 13.3. The van der Waals surface area contributed by atoms with E-state index in [1.165, 1.54) is 0 Å². The van der Waals surface area contributed by atoms with Crippen LogP contribution in [0.1, 0.15) is 17.2 Å². The molecule has 2 aromatic carbocycles. The Kier molecular flexibility index (Phi) is 4.64. The van der Waals surface area contributed by atoms with Gasteiger partial charge in [0.1, 0.15) is 11.9 Å². The van der Waals surface area contributed by atoms with Crippen molar-refractivity contribution in [1.82, 2.24) is 0 Å². The Morgan fingerprint density at radius 3 is 2.67 bits per heavy atom. The van der Waals surface area contributed by atoms with E-state index in [4.69, 9.17) is 11.6 Å². The summed E-state index contributed by atoms with van der Waals surface area (Å²) in [5.74, 6) is -0.458. The van der Waals surface area contributed by atoms with Gasteiger partial charge in [-0.05, 0) is 68.3 Å². The molecular weight excluding hydrogens is 433 g/mol. The van der Waals surface area contributed by atoms with Crippen molar-refractivity contribution in [3.05, 3.63) is 66.4 Å². The minimum absolute atomic E-state index is 0.226. The average molecular weight is 441 g/mol. The molecule has 0 aliphatic carbocycles. The summed E-state index contributed by atoms with van der Waals surface area (Å²) in [4.78, 5) is 0. The molecule has 18 heavy (non-hydrogen) atoms. The minimum atomic E-state index is -1.03. The van der Waals surface area contributed by atoms with E-state index in [1.807, 2.05) is 0 Å². The summed E-state index contributed by atoms with van der Waals surface area (Å²) in [6.45, 7) is 0. The number of benzene rings is 2. The van der Waals surface area contributed by atoms with Crippen LogP contribution < -0.4 is 0 Å². The highest BCUT2D eigenvalue weighted by molar-refractivity contribution is 14.1. The van der Waals surface area contributed by atoms with Gasteiger partial charge in [-0.1, -0.05) is 23.7 Å². The molecule has 1 nitrogen and oxygen atoms in total. The van der Waals surface area contributed by atoms with Gasteiger partial charge in [0, 0.05) is 14.2 Å². The van der Waals surface area contributed by atoms with Crippen molar-refractivity contribution in [2.75, 3.05) is 0 Å². The van der Waals surface area contributed by atoms with Crippen molar-refractivity contribution in [2.24, 2.45) is 0 Å². The predicted molar refractivity (Wildman–Crippen MR) is 82.3 cm³/mol. The van der Waals surface area contributed by atoms with Crippen LogP contribution in [-0.4, -0.2) is 5.11 Å². The highest BCUT2D eigenvalue weighted by Gasteiger charge is 2.19. The lowest BCUT2D eigenvalue weighted by atomic mass is 10.0. The first-order chi connectivity index (χ1) is 8.50. The molecule has 0 spiro atoms. The van der Waals surface area contributed by atoms with E-state index < -0.39 is 11.9 Å². The molecule has 0 saturated carbocycles. The molecule has 0 aliphatic rings. The van der Waals surface area contributed by atoms with Crippen molar-refractivity contribution in [1.29, 1.82) is 0 Å². The first kappa shape index (κ1) is 14.2. The fourth-order valence-electron chi connectivity index (χ4n) is 1.62. The van der Waals surface area contributed by atoms with Crippen LogP contribution in [0.4, 0.5) is 4.39 Å². The summed E-state index contributed by atoms with van der Waals surface area (Å²) in [5, 5.41) is 10.8. The quantitative estimate of drug-likeness (QED) is 0.656. The molecule has 0 amide bonds. The minimum Gasteiger partial charge on any atom is -0.384 e. The van der Waals surface area contributed by atoms with E-state index in [9.17, 15) is 9.50 Å². The molecule has 0 radical (unpaired) electrons. The molecule has 0 saturated heterocycles. The predicted octanol–water partition coefficient (Wildman–Crippen LogP) is 4.93. The van der Waals surface area contributed by atoms with E-state index in [-0.39, 0.29) is 5.56 Å². The smallest absolute Gasteiger partial charge is 0.143 e. The van der Waals surface area contributed by atoms with Gasteiger partial charge in [-0.2, -0.15) is 0 Å². The molecule has 0 bridgehead atoms. The molecule has 2 rings (SSSR count). The molecule has 0 heterocycles. The third-order valence-electron chi connectivity index (χ3n) is 2.53. The van der Waals surface area contributed by atoms with Crippen LogP contribution >= 0.6 is 50.1 Å². The summed E-state index contributed by atoms with van der Waals surface area (Å²) >= 11 is 11.1. The van der Waals surface area contributed by atoms with Gasteiger partial charge >= 0.3 is 0 Å². The standard InChI is InChI=1S/C13H8BrClFIO/c14-10-3-1-2-8(12(10)16)13(18)9-6-7(15)4-5-11(9)17/h1-6,13,18H. The van der Waals surface area contributed by atoms with Crippen LogP contribution in [0.15, 0.2) is 40.9 Å². The largest absolute Gasteiger partial charge is 0.384 e. The highest BCUT2D eigenvalue weighted by Crippen LogP contribution is 2.31. The van der Waals surface area contributed by atoms with E-state index in [0.29, 0.717) is 15.1 Å². The number of hydrogen-bond acceptors (Lipinski definition) is 1. The van der Waals surface area contributed by atoms with Crippen LogP contribution in [0, 0.1) is 9.39 Å². The van der Waals surface area contributed by atoms with E-state index in [1.54, 1.807) is 36.4 Å². The molecule has 0 aliphatic heterocycles. The zero-order valence-corrected chi connectivity index (χ0v) is 13.5. The van der Waals surface area contributed by atoms with Gasteiger partial charge in [0.25, 0.3) is 0 Å². The van der Waals surface area contributed by atoms with Gasteiger partial charge in [-0.15, -0.1) is 0 Å². The van der Waals surface area contributed by atoms with Crippen molar-refractivity contribution in [3.8, 4) is 0 Å². The van der Waals surface area contributed by atoms with Crippen LogP contribution in [0.25, 0.3) is 0 Å². The maximum Gasteiger partial charge on any atom is 0.143 e. The second-order valence-electron chi connectivity index (χ2n) is 3.71. The number of aliphatic hydroxyl groups excluding tert-OH is 1. The molecule has 5 heteroatoms. The summed E-state index contributed by atoms with van der Waals surface area (Å²) < 4.78 is 15.1. The van der Waals surface area contributed by atoms with Gasteiger partial charge in [-0.3, -0.25) is 0 Å². The van der Waals surface area contributed by atoms with Crippen LogP contribution in [0.3, 0.4) is 0 Å². The first-order valence-corrected chi connectivity index (χ1v) is 7.32. The van der Waals surface area contributed by atoms with Gasteiger partial charge in [-0.25, -0.2) is 4.39 Å². The summed E-state index contributed by atoms with van der Waals surface area (Å²) in [7, 11) is 0. The molecule has 94 valence electrons. The zero-order valence-electron chi connectivity index (χ0n) is 9.00. The van der Waals surface area contributed by atoms with E-state index >= 15 is 0 Å². The van der Waals surface area contributed by atoms with Gasteiger partial charge in [0.05, 0.1) is 4.47 Å². The average Bonchev–Trinajstić information content (AvgIpc) is 2.35. The van der Waals surface area contributed by atoms with Crippen molar-refractivity contribution < 1.29 is 9.50 Å². The maximum atomic E-state index is 13.9. The maximum absolute atomic E-state index is 13.9. The fourth-order valence-corrected chi connectivity index (χ4v) is 2.82. The Hall–Kier alpha value is -0.170. The van der Waals surface area contributed by atoms with Gasteiger partial charge in [0.2, 0.25) is 0 Å². The Morgan fingerprint density at radius 2 is 1.94 bits per heavy atom. The number of halogens is 4. The van der Waals surface area contributed by atoms with Crippen LogP contribution in [-0.2, 0) is 0 Å². The number of rotatable bonds is 2. The molecule has 2 aromatic rings. The Labute approximate surface area is 131 Å². The molecule has 1 N–H and O–H groups in total. The third kappa shape index (κ3) is 2.87. The van der Waals surface area contributed by atoms with E-state index in [2.05, 4.69) is 38.5 Å². The highest BCUT2D eigenvalue weighted by atomic mass is 127. The Bertz CT molecular complexity index is 589. The van der Waals surface area contributed by atoms with Crippen molar-refractivity contribution in [2.45, 2.75) is 6.10 Å². The van der Waals surface area contributed by atoms with Crippen molar-refractivity contribution >= 4 is 50.1 Å². The Balaban J connectivity index is 2.51. The lowest BCUT2D eigenvalue weighted by Crippen LogP contribution is -2.05. The fraction of sp³-hybridized carbons (Fsp3) is 0.0769. The second kappa shape index (κ2) is 5.86. The SMILES string of the molecule is OC(c1cc(Cl)ccc1I)c1cccc(Br)c1F.